The number of fused-ring (bicyclic) bond motifs is 1. The Kier molecular flexibility index (Phi) is 3.98. The average Bonchev–Trinajstić information content (AvgIpc) is 3.21. The molecule has 0 aliphatic carbocycles. The number of hydrogen-bond donors (Lipinski definition) is 2. The van der Waals surface area contributed by atoms with Crippen molar-refractivity contribution >= 4 is 5.91 Å². The Hall–Kier alpha value is -2.34. The lowest BCUT2D eigenvalue weighted by atomic mass is 9.95. The number of ether oxygens (including phenoxy) is 1. The average molecular weight is 326 g/mol. The van der Waals surface area contributed by atoms with E-state index in [-0.39, 0.29) is 18.0 Å². The van der Waals surface area contributed by atoms with Crippen molar-refractivity contribution in [2.75, 3.05) is 6.61 Å². The van der Waals surface area contributed by atoms with Crippen molar-refractivity contribution in [1.29, 1.82) is 0 Å². The van der Waals surface area contributed by atoms with Gasteiger partial charge in [0.2, 0.25) is 5.91 Å². The molecule has 1 saturated heterocycles. The van der Waals surface area contributed by atoms with Gasteiger partial charge in [0.15, 0.2) is 0 Å². The van der Waals surface area contributed by atoms with Crippen LogP contribution in [0, 0.1) is 0 Å². The molecule has 2 aromatic rings. The third kappa shape index (κ3) is 2.89. The molecule has 2 aliphatic heterocycles. The maximum absolute atomic E-state index is 11.8. The first-order chi connectivity index (χ1) is 11.7. The second kappa shape index (κ2) is 6.28. The van der Waals surface area contributed by atoms with Gasteiger partial charge >= 0.3 is 0 Å². The first kappa shape index (κ1) is 15.2. The number of imidazole rings is 1. The molecule has 0 unspecified atom stereocenters. The summed E-state index contributed by atoms with van der Waals surface area (Å²) in [5.41, 5.74) is 3.57. The van der Waals surface area contributed by atoms with Gasteiger partial charge in [-0.05, 0) is 23.6 Å². The Labute approximate surface area is 141 Å². The van der Waals surface area contributed by atoms with Crippen LogP contribution in [0.15, 0.2) is 30.7 Å². The fourth-order valence-electron chi connectivity index (χ4n) is 3.57. The highest BCUT2D eigenvalue weighted by Crippen LogP contribution is 2.27. The molecule has 6 nitrogen and oxygen atoms in total. The van der Waals surface area contributed by atoms with Gasteiger partial charge in [-0.25, -0.2) is 4.98 Å². The molecule has 1 aromatic heterocycles. The number of carbonyl (C=O) groups is 1. The molecule has 2 atom stereocenters. The van der Waals surface area contributed by atoms with Gasteiger partial charge in [-0.2, -0.15) is 0 Å². The molecular weight excluding hydrogens is 304 g/mol. The summed E-state index contributed by atoms with van der Waals surface area (Å²) in [5, 5.41) is 6.72. The molecule has 6 heteroatoms. The molecule has 24 heavy (non-hydrogen) atoms. The normalized spacial score (nSPS) is 22.8. The minimum Gasteiger partial charge on any atom is -0.493 e. The zero-order valence-electron chi connectivity index (χ0n) is 13.8. The number of benzene rings is 1. The molecule has 2 N–H and O–H groups in total. The molecular formula is C18H22N4O2. The van der Waals surface area contributed by atoms with E-state index in [4.69, 9.17) is 4.74 Å². The smallest absolute Gasteiger partial charge is 0.220 e. The Morgan fingerprint density at radius 1 is 1.42 bits per heavy atom. The lowest BCUT2D eigenvalue weighted by molar-refractivity contribution is -0.124. The fourth-order valence-corrected chi connectivity index (χ4v) is 3.57. The minimum absolute atomic E-state index is 0.0449. The van der Waals surface area contributed by atoms with Crippen LogP contribution in [0.2, 0.25) is 0 Å². The van der Waals surface area contributed by atoms with E-state index < -0.39 is 0 Å². The molecule has 0 saturated carbocycles. The molecule has 4 rings (SSSR count). The third-order valence-corrected chi connectivity index (χ3v) is 4.90. The van der Waals surface area contributed by atoms with Crippen LogP contribution in [0.3, 0.4) is 0 Å². The van der Waals surface area contributed by atoms with Crippen molar-refractivity contribution in [2.24, 2.45) is 7.05 Å². The van der Waals surface area contributed by atoms with Gasteiger partial charge in [0, 0.05) is 32.5 Å². The summed E-state index contributed by atoms with van der Waals surface area (Å²) in [5.74, 6) is 1.12. The first-order valence-electron chi connectivity index (χ1n) is 8.44. The summed E-state index contributed by atoms with van der Waals surface area (Å²) in [6.07, 6.45) is 5.98. The number of hydrogen-bond acceptors (Lipinski definition) is 4. The first-order valence-corrected chi connectivity index (χ1v) is 8.44. The Morgan fingerprint density at radius 3 is 3.17 bits per heavy atom. The maximum Gasteiger partial charge on any atom is 0.220 e. The molecule has 1 fully saturated rings. The molecule has 1 amide bonds. The van der Waals surface area contributed by atoms with Crippen LogP contribution in [0.5, 0.6) is 5.75 Å². The monoisotopic (exact) mass is 326 g/mol. The number of nitrogens with one attached hydrogen (secondary N) is 2. The molecule has 126 valence electrons. The van der Waals surface area contributed by atoms with Crippen molar-refractivity contribution < 1.29 is 9.53 Å². The Balaban J connectivity index is 1.48. The Bertz CT molecular complexity index is 755. The predicted molar refractivity (Wildman–Crippen MR) is 89.6 cm³/mol. The summed E-state index contributed by atoms with van der Waals surface area (Å²) in [4.78, 5) is 16.0. The summed E-state index contributed by atoms with van der Waals surface area (Å²) in [7, 11) is 1.96. The maximum atomic E-state index is 11.8. The van der Waals surface area contributed by atoms with Crippen LogP contribution >= 0.6 is 0 Å². The number of aryl methyl sites for hydroxylation is 1. The lowest BCUT2D eigenvalue weighted by Gasteiger charge is -2.33. The summed E-state index contributed by atoms with van der Waals surface area (Å²) < 4.78 is 7.53. The van der Waals surface area contributed by atoms with E-state index in [1.807, 2.05) is 17.8 Å². The van der Waals surface area contributed by atoms with Crippen molar-refractivity contribution in [3.63, 3.8) is 0 Å². The van der Waals surface area contributed by atoms with E-state index in [1.54, 1.807) is 6.33 Å². The highest BCUT2D eigenvalue weighted by molar-refractivity contribution is 5.77. The molecule has 2 aliphatic rings. The molecule has 0 spiro atoms. The largest absolute Gasteiger partial charge is 0.493 e. The number of rotatable bonds is 4. The molecule has 3 heterocycles. The summed E-state index contributed by atoms with van der Waals surface area (Å²) in [6.45, 7) is 1.56. The van der Waals surface area contributed by atoms with Crippen LogP contribution < -0.4 is 15.4 Å². The van der Waals surface area contributed by atoms with Crippen molar-refractivity contribution in [3.8, 4) is 5.75 Å². The molecule has 0 radical (unpaired) electrons. The quantitative estimate of drug-likeness (QED) is 0.893. The van der Waals surface area contributed by atoms with Gasteiger partial charge in [-0.15, -0.1) is 0 Å². The Morgan fingerprint density at radius 2 is 2.33 bits per heavy atom. The second-order valence-corrected chi connectivity index (χ2v) is 6.54. The number of nitrogens with zero attached hydrogens (tertiary/aromatic N) is 2. The highest BCUT2D eigenvalue weighted by atomic mass is 16.5. The topological polar surface area (TPSA) is 68.2 Å². The van der Waals surface area contributed by atoms with E-state index in [2.05, 4.69) is 33.8 Å². The second-order valence-electron chi connectivity index (χ2n) is 6.54. The van der Waals surface area contributed by atoms with Gasteiger partial charge < -0.3 is 19.9 Å². The van der Waals surface area contributed by atoms with E-state index >= 15 is 0 Å². The van der Waals surface area contributed by atoms with Crippen LogP contribution in [0.25, 0.3) is 0 Å². The highest BCUT2D eigenvalue weighted by Gasteiger charge is 2.31. The van der Waals surface area contributed by atoms with E-state index in [0.717, 1.165) is 37.4 Å². The van der Waals surface area contributed by atoms with Crippen molar-refractivity contribution in [3.05, 3.63) is 47.5 Å². The molecule has 0 bridgehead atoms. The molecule has 1 aromatic carbocycles. The summed E-state index contributed by atoms with van der Waals surface area (Å²) >= 11 is 0. The van der Waals surface area contributed by atoms with Gasteiger partial charge in [-0.1, -0.05) is 12.1 Å². The van der Waals surface area contributed by atoms with Crippen LogP contribution in [0.1, 0.15) is 35.7 Å². The van der Waals surface area contributed by atoms with E-state index in [0.29, 0.717) is 6.42 Å². The SMILES string of the molecule is Cn1cncc1[C@@H]1NC(=O)CC[C@H]1NCc1ccc2c(c1)CCO2. The number of piperidine rings is 1. The van der Waals surface area contributed by atoms with Crippen LogP contribution in [-0.2, 0) is 24.8 Å². The fraction of sp³-hybridized carbons (Fsp3) is 0.444. The van der Waals surface area contributed by atoms with E-state index in [9.17, 15) is 4.79 Å². The van der Waals surface area contributed by atoms with Gasteiger partial charge in [0.05, 0.1) is 30.9 Å². The van der Waals surface area contributed by atoms with Crippen LogP contribution in [0.4, 0.5) is 0 Å². The van der Waals surface area contributed by atoms with Gasteiger partial charge in [-0.3, -0.25) is 4.79 Å². The number of amides is 1. The number of carbonyl (C=O) groups excluding carboxylic acids is 1. The van der Waals surface area contributed by atoms with Crippen molar-refractivity contribution in [2.45, 2.75) is 37.9 Å². The number of aromatic nitrogens is 2. The standard InChI is InChI=1S/C18H22N4O2/c1-22-11-19-10-15(22)18-14(3-5-17(23)21-18)20-9-12-2-4-16-13(8-12)6-7-24-16/h2,4,8,10-11,14,18,20H,3,5-7,9H2,1H3,(H,21,23)/t14-,18-/m1/s1. The third-order valence-electron chi connectivity index (χ3n) is 4.90. The minimum atomic E-state index is -0.0449. The van der Waals surface area contributed by atoms with Gasteiger partial charge in [0.1, 0.15) is 5.75 Å². The van der Waals surface area contributed by atoms with Crippen molar-refractivity contribution in [1.82, 2.24) is 20.2 Å². The summed E-state index contributed by atoms with van der Waals surface area (Å²) in [6, 6.07) is 6.53. The van der Waals surface area contributed by atoms with Crippen LogP contribution in [-0.4, -0.2) is 28.1 Å². The predicted octanol–water partition coefficient (Wildman–Crippen LogP) is 1.46. The van der Waals surface area contributed by atoms with Gasteiger partial charge in [0.25, 0.3) is 0 Å². The lowest BCUT2D eigenvalue weighted by Crippen LogP contribution is -2.48. The zero-order chi connectivity index (χ0) is 16.5. The zero-order valence-corrected chi connectivity index (χ0v) is 13.8. The van der Waals surface area contributed by atoms with E-state index in [1.165, 1.54) is 11.1 Å².